The number of hydrogen-bond acceptors (Lipinski definition) is 9. The van der Waals surface area contributed by atoms with Crippen LogP contribution in [0.1, 0.15) is 0 Å². The van der Waals surface area contributed by atoms with Crippen molar-refractivity contribution in [2.75, 3.05) is 0 Å². The Morgan fingerprint density at radius 3 is 0.385 bits per heavy atom. The Kier molecular flexibility index (Phi) is 37.5. The molecule has 0 saturated heterocycles. The van der Waals surface area contributed by atoms with Crippen LogP contribution in [-0.4, -0.2) is 0 Å². The van der Waals surface area contributed by atoms with Crippen LogP contribution in [-0.2, 0) is 0 Å². The average molecular weight is 546 g/mol. The molecule has 13 heteroatoms. The van der Waals surface area contributed by atoms with Crippen molar-refractivity contribution in [3.05, 3.63) is 0 Å². The van der Waals surface area contributed by atoms with Crippen molar-refractivity contribution in [2.24, 2.45) is 0 Å². The maximum atomic E-state index is 8.52. The summed E-state index contributed by atoms with van der Waals surface area (Å²) in [6.45, 7) is 0. The third-order valence-corrected chi connectivity index (χ3v) is 0. The Bertz CT molecular complexity index is 43.4. The summed E-state index contributed by atoms with van der Waals surface area (Å²) in [4.78, 5) is 0. The first kappa shape index (κ1) is 24.5. The van der Waals surface area contributed by atoms with Gasteiger partial charge in [-0.05, 0) is 0 Å². The Hall–Kier alpha value is 2.35. The van der Waals surface area contributed by atoms with Crippen molar-refractivity contribution in [1.29, 1.82) is 0 Å². The van der Waals surface area contributed by atoms with Gasteiger partial charge in [-0.2, -0.15) is 0 Å². The van der Waals surface area contributed by atoms with Gasteiger partial charge in [0.05, 0.1) is 0 Å². The molecule has 0 rings (SSSR count). The van der Waals surface area contributed by atoms with E-state index in [0.29, 0.717) is 0 Å². The molecule has 1 radical (unpaired) electrons. The van der Waals surface area contributed by atoms with E-state index in [2.05, 4.69) is 0 Å². The molecule has 0 aromatic carbocycles. The molecule has 0 atom stereocenters. The fourth-order valence-electron chi connectivity index (χ4n) is 0. The quantitative estimate of drug-likeness (QED) is 0.282. The minimum absolute atomic E-state index is 0. The summed E-state index contributed by atoms with van der Waals surface area (Å²) >= 11 is -10.9. The van der Waals surface area contributed by atoms with Crippen molar-refractivity contribution in [2.45, 2.75) is 0 Å². The molecule has 0 spiro atoms. The van der Waals surface area contributed by atoms with Crippen molar-refractivity contribution in [3.63, 3.8) is 0 Å². The standard InChI is InChI=1S/3BrO3.Dy/c3*2-1(3)4;/q3*-1;+3. The molecule has 85 valence electrons. The predicted molar refractivity (Wildman–Crippen MR) is 0 cm³/mol. The van der Waals surface area contributed by atoms with Gasteiger partial charge in [0.2, 0.25) is 44.4 Å². The van der Waals surface area contributed by atoms with Crippen LogP contribution in [0.15, 0.2) is 0 Å². The summed E-state index contributed by atoms with van der Waals surface area (Å²) in [5.74, 6) is 0. The second kappa shape index (κ2) is 19.9. The van der Waals surface area contributed by atoms with E-state index in [1.54, 1.807) is 0 Å². The van der Waals surface area contributed by atoms with Gasteiger partial charge in [0.25, 0.3) is 0 Å². The molecule has 0 bridgehead atoms. The molecule has 0 aromatic heterocycles. The zero-order valence-corrected chi connectivity index (χ0v) is 11.9. The van der Waals surface area contributed by atoms with Crippen LogP contribution in [0, 0.1) is 82.6 Å². The first-order valence-electron chi connectivity index (χ1n) is 1.39. The second-order valence-corrected chi connectivity index (χ2v) is 2.95. The molecular formula is Br3DyO9. The van der Waals surface area contributed by atoms with Crippen molar-refractivity contribution in [3.8, 4) is 0 Å². The number of rotatable bonds is 0. The normalized spacial score (nSPS) is 8.31. The summed E-state index contributed by atoms with van der Waals surface area (Å²) in [6, 6.07) is 0. The van der Waals surface area contributed by atoms with E-state index in [1.807, 2.05) is 0 Å². The Labute approximate surface area is 119 Å². The van der Waals surface area contributed by atoms with Gasteiger partial charge >= 0.3 is 38.2 Å². The Morgan fingerprint density at radius 1 is 0.385 bits per heavy atom. The van der Waals surface area contributed by atoms with Crippen LogP contribution in [0.25, 0.3) is 0 Å². The molecule has 0 aromatic rings. The summed E-state index contributed by atoms with van der Waals surface area (Å²) in [5.41, 5.74) is 0. The van der Waals surface area contributed by atoms with E-state index in [4.69, 9.17) is 37.8 Å². The van der Waals surface area contributed by atoms with Crippen LogP contribution >= 0.6 is 0 Å². The van der Waals surface area contributed by atoms with Gasteiger partial charge in [0.1, 0.15) is 0 Å². The first-order chi connectivity index (χ1) is 5.20. The molecule has 0 fully saturated rings. The van der Waals surface area contributed by atoms with Crippen molar-refractivity contribution >= 4 is 0 Å². The molecule has 0 saturated carbocycles. The van der Waals surface area contributed by atoms with Gasteiger partial charge in [-0.25, -0.2) is 0 Å². The van der Waals surface area contributed by atoms with Crippen LogP contribution < -0.4 is 37.8 Å². The molecule has 9 nitrogen and oxygen atoms in total. The molecular weight excluding hydrogens is 546 g/mol. The molecule has 13 heavy (non-hydrogen) atoms. The maximum absolute atomic E-state index is 8.52. The van der Waals surface area contributed by atoms with Gasteiger partial charge in [0.15, 0.2) is 0 Å². The molecule has 0 aliphatic carbocycles. The molecule has 0 heterocycles. The smallest absolute Gasteiger partial charge is 0.405 e. The summed E-state index contributed by atoms with van der Waals surface area (Å²) in [7, 11) is 0. The van der Waals surface area contributed by atoms with Crippen LogP contribution in [0.3, 0.4) is 0 Å². The van der Waals surface area contributed by atoms with E-state index in [-0.39, 0.29) is 38.2 Å². The minimum atomic E-state index is -3.65. The molecule has 0 N–H and O–H groups in total. The fourth-order valence-corrected chi connectivity index (χ4v) is 0. The number of halogens is 3. The van der Waals surface area contributed by atoms with E-state index in [9.17, 15) is 0 Å². The van der Waals surface area contributed by atoms with Crippen LogP contribution in [0.2, 0.25) is 0 Å². The monoisotopic (exact) mass is 545 g/mol. The van der Waals surface area contributed by atoms with Crippen molar-refractivity contribution < 1.29 is 120 Å². The summed E-state index contributed by atoms with van der Waals surface area (Å²) < 4.78 is 76.7. The third-order valence-electron chi connectivity index (χ3n) is 0. The summed E-state index contributed by atoms with van der Waals surface area (Å²) in [6.07, 6.45) is 0. The molecule has 0 unspecified atom stereocenters. The Morgan fingerprint density at radius 2 is 0.385 bits per heavy atom. The zero-order valence-electron chi connectivity index (χ0n) is 5.12. The van der Waals surface area contributed by atoms with E-state index < -0.39 is 44.4 Å². The maximum Gasteiger partial charge on any atom is 3.00 e. The summed E-state index contributed by atoms with van der Waals surface area (Å²) in [5, 5.41) is 0. The zero-order chi connectivity index (χ0) is 10.7. The first-order valence-corrected chi connectivity index (χ1v) is 7.22. The van der Waals surface area contributed by atoms with Gasteiger partial charge in [-0.1, -0.05) is 0 Å². The Balaban J connectivity index is -0.0000000450. The predicted octanol–water partition coefficient (Wildman–Crippen LogP) is -10.7. The third kappa shape index (κ3) is 396. The molecule has 0 aliphatic rings. The van der Waals surface area contributed by atoms with Gasteiger partial charge in [-0.3, -0.25) is 0 Å². The van der Waals surface area contributed by atoms with Crippen LogP contribution in [0.5, 0.6) is 0 Å². The topological polar surface area (TPSA) is 208 Å². The fraction of sp³-hybridized carbons (Fsp3) is 0. The second-order valence-electron chi connectivity index (χ2n) is 0.567. The number of hydrogen-bond donors (Lipinski definition) is 0. The van der Waals surface area contributed by atoms with E-state index in [1.165, 1.54) is 0 Å². The van der Waals surface area contributed by atoms with Gasteiger partial charge in [-0.15, -0.1) is 0 Å². The van der Waals surface area contributed by atoms with E-state index in [0.717, 1.165) is 0 Å². The minimum Gasteiger partial charge on any atom is -0.405 e. The largest absolute Gasteiger partial charge is 3.00 e. The SMILES string of the molecule is [Dy+3].[O-][Br+2]([O-])[O-].[O-][Br+2]([O-])[O-].[O-][Br+2]([O-])[O-]. The van der Waals surface area contributed by atoms with Crippen LogP contribution in [0.4, 0.5) is 0 Å². The average Bonchev–Trinajstić information content (AvgIpc) is 1.54. The van der Waals surface area contributed by atoms with Gasteiger partial charge < -0.3 is 37.8 Å². The molecule has 0 aliphatic heterocycles. The van der Waals surface area contributed by atoms with Crippen molar-refractivity contribution in [1.82, 2.24) is 0 Å². The van der Waals surface area contributed by atoms with E-state index >= 15 is 0 Å². The molecule has 0 amide bonds. The van der Waals surface area contributed by atoms with Gasteiger partial charge in [0, 0.05) is 0 Å².